The Labute approximate surface area is 128 Å². The molecule has 3 nitrogen and oxygen atoms in total. The summed E-state index contributed by atoms with van der Waals surface area (Å²) in [6.45, 7) is 2.12. The van der Waals surface area contributed by atoms with Crippen molar-refractivity contribution in [1.82, 2.24) is 0 Å². The lowest BCUT2D eigenvalue weighted by Crippen LogP contribution is -2.04. The van der Waals surface area contributed by atoms with Gasteiger partial charge in [-0.25, -0.2) is 0 Å². The normalized spacial score (nSPS) is 12.3. The number of aliphatic hydroxyl groups excluding tert-OH is 1. The van der Waals surface area contributed by atoms with Crippen molar-refractivity contribution >= 4 is 17.7 Å². The minimum atomic E-state index is -0.109. The van der Waals surface area contributed by atoms with Gasteiger partial charge in [0.15, 0.2) is 0 Å². The van der Waals surface area contributed by atoms with E-state index in [9.17, 15) is 9.90 Å². The maximum absolute atomic E-state index is 10.9. The van der Waals surface area contributed by atoms with Gasteiger partial charge in [0.1, 0.15) is 0 Å². The Balaban J connectivity index is 3.08. The molecule has 0 aliphatic heterocycles. The summed E-state index contributed by atoms with van der Waals surface area (Å²) in [6, 6.07) is 0. The Morgan fingerprint density at radius 1 is 1.05 bits per heavy atom. The van der Waals surface area contributed by atoms with Gasteiger partial charge in [-0.1, -0.05) is 45.4 Å². The van der Waals surface area contributed by atoms with E-state index in [0.29, 0.717) is 6.42 Å². The number of aliphatic hydroxyl groups is 1. The maximum atomic E-state index is 10.9. The Kier molecular flexibility index (Phi) is 15.0. The summed E-state index contributed by atoms with van der Waals surface area (Å²) in [5.74, 6) is 1.91. The topological polar surface area (TPSA) is 46.5 Å². The van der Waals surface area contributed by atoms with Crippen LogP contribution < -0.4 is 0 Å². The molecule has 0 rings (SSSR count). The van der Waals surface area contributed by atoms with Gasteiger partial charge in [-0.3, -0.25) is 4.79 Å². The van der Waals surface area contributed by atoms with Crippen LogP contribution in [0.5, 0.6) is 0 Å². The van der Waals surface area contributed by atoms with E-state index in [1.54, 1.807) is 0 Å². The lowest BCUT2D eigenvalue weighted by atomic mass is 10.0. The number of carbonyl (C=O) groups is 1. The lowest BCUT2D eigenvalue weighted by molar-refractivity contribution is -0.140. The number of unbranched alkanes of at least 4 members (excludes halogenated alkanes) is 5. The summed E-state index contributed by atoms with van der Waals surface area (Å²) in [5.41, 5.74) is 0. The minimum Gasteiger partial charge on any atom is -0.469 e. The molecule has 4 heteroatoms. The first-order valence-electron chi connectivity index (χ1n) is 8.03. The summed E-state index contributed by atoms with van der Waals surface area (Å²) in [6.07, 6.45) is 11.0. The van der Waals surface area contributed by atoms with Crippen LogP contribution in [0.4, 0.5) is 0 Å². The zero-order valence-corrected chi connectivity index (χ0v) is 14.1. The molecular formula is C16H32O3S. The third-order valence-electron chi connectivity index (χ3n) is 3.38. The Hall–Kier alpha value is -0.220. The molecule has 1 N–H and O–H groups in total. The molecule has 0 radical (unpaired) electrons. The number of thioether (sulfide) groups is 1. The summed E-state index contributed by atoms with van der Waals surface area (Å²) in [4.78, 5) is 10.9. The van der Waals surface area contributed by atoms with E-state index in [-0.39, 0.29) is 12.1 Å². The third kappa shape index (κ3) is 14.2. The van der Waals surface area contributed by atoms with Crippen molar-refractivity contribution in [2.45, 2.75) is 77.2 Å². The summed E-state index contributed by atoms with van der Waals surface area (Å²) >= 11 is 1.84. The molecule has 0 aromatic heterocycles. The second kappa shape index (κ2) is 15.2. The van der Waals surface area contributed by atoms with E-state index in [1.165, 1.54) is 39.2 Å². The fourth-order valence-electron chi connectivity index (χ4n) is 2.13. The fourth-order valence-corrected chi connectivity index (χ4v) is 3.05. The summed E-state index contributed by atoms with van der Waals surface area (Å²) in [7, 11) is 1.44. The Morgan fingerprint density at radius 3 is 2.35 bits per heavy atom. The van der Waals surface area contributed by atoms with E-state index in [2.05, 4.69) is 11.7 Å². The molecule has 0 saturated carbocycles. The molecule has 0 fully saturated rings. The molecule has 0 aliphatic rings. The SMILES string of the molecule is CCCC(O)CCCCCCCCSCCC(=O)OC. The van der Waals surface area contributed by atoms with Gasteiger partial charge >= 0.3 is 5.97 Å². The van der Waals surface area contributed by atoms with Crippen molar-refractivity contribution in [3.05, 3.63) is 0 Å². The van der Waals surface area contributed by atoms with Crippen LogP contribution in [0.1, 0.15) is 71.1 Å². The van der Waals surface area contributed by atoms with Crippen LogP contribution in [0.2, 0.25) is 0 Å². The van der Waals surface area contributed by atoms with Gasteiger partial charge in [0.25, 0.3) is 0 Å². The molecule has 120 valence electrons. The van der Waals surface area contributed by atoms with Crippen molar-refractivity contribution in [3.8, 4) is 0 Å². The predicted octanol–water partition coefficient (Wildman–Crippen LogP) is 4.17. The molecule has 0 amide bonds. The van der Waals surface area contributed by atoms with E-state index < -0.39 is 0 Å². The molecule has 0 bridgehead atoms. The minimum absolute atomic E-state index is 0.0776. The van der Waals surface area contributed by atoms with Crippen LogP contribution in [-0.4, -0.2) is 35.8 Å². The Bertz CT molecular complexity index is 222. The Morgan fingerprint density at radius 2 is 1.70 bits per heavy atom. The van der Waals surface area contributed by atoms with Crippen LogP contribution in [-0.2, 0) is 9.53 Å². The van der Waals surface area contributed by atoms with Crippen molar-refractivity contribution in [1.29, 1.82) is 0 Å². The van der Waals surface area contributed by atoms with Gasteiger partial charge in [0.05, 0.1) is 19.6 Å². The zero-order valence-electron chi connectivity index (χ0n) is 13.2. The highest BCUT2D eigenvalue weighted by Gasteiger charge is 2.02. The standard InChI is InChI=1S/C16H32O3S/c1-3-10-15(17)11-8-6-4-5-7-9-13-20-14-12-16(18)19-2/h15,17H,3-14H2,1-2H3. The van der Waals surface area contributed by atoms with E-state index >= 15 is 0 Å². The maximum Gasteiger partial charge on any atom is 0.306 e. The smallest absolute Gasteiger partial charge is 0.306 e. The third-order valence-corrected chi connectivity index (χ3v) is 4.45. The average Bonchev–Trinajstić information content (AvgIpc) is 2.44. The molecule has 0 saturated heterocycles. The highest BCUT2D eigenvalue weighted by atomic mass is 32.2. The van der Waals surface area contributed by atoms with E-state index in [1.807, 2.05) is 11.8 Å². The summed E-state index contributed by atoms with van der Waals surface area (Å²) in [5, 5.41) is 9.59. The molecule has 1 unspecified atom stereocenters. The first-order valence-corrected chi connectivity index (χ1v) is 9.18. The van der Waals surface area contributed by atoms with Gasteiger partial charge < -0.3 is 9.84 Å². The van der Waals surface area contributed by atoms with Crippen molar-refractivity contribution in [2.75, 3.05) is 18.6 Å². The molecule has 0 aromatic rings. The molecule has 0 spiro atoms. The second-order valence-corrected chi connectivity index (χ2v) is 6.52. The number of carbonyl (C=O) groups excluding carboxylic acids is 1. The highest BCUT2D eigenvalue weighted by Crippen LogP contribution is 2.13. The number of hydrogen-bond acceptors (Lipinski definition) is 4. The number of rotatable bonds is 14. The second-order valence-electron chi connectivity index (χ2n) is 5.29. The van der Waals surface area contributed by atoms with Gasteiger partial charge in [0, 0.05) is 5.75 Å². The quantitative estimate of drug-likeness (QED) is 0.386. The lowest BCUT2D eigenvalue weighted by Gasteiger charge is -2.08. The molecule has 1 atom stereocenters. The van der Waals surface area contributed by atoms with Crippen LogP contribution >= 0.6 is 11.8 Å². The predicted molar refractivity (Wildman–Crippen MR) is 87.2 cm³/mol. The van der Waals surface area contributed by atoms with Crippen molar-refractivity contribution in [3.63, 3.8) is 0 Å². The van der Waals surface area contributed by atoms with E-state index in [0.717, 1.165) is 37.2 Å². The largest absolute Gasteiger partial charge is 0.469 e. The van der Waals surface area contributed by atoms with Crippen LogP contribution in [0.15, 0.2) is 0 Å². The number of methoxy groups -OCH3 is 1. The number of esters is 1. The van der Waals surface area contributed by atoms with Gasteiger partial charge in [-0.15, -0.1) is 0 Å². The van der Waals surface area contributed by atoms with Crippen LogP contribution in [0, 0.1) is 0 Å². The highest BCUT2D eigenvalue weighted by molar-refractivity contribution is 7.99. The number of hydrogen-bond donors (Lipinski definition) is 1. The first-order chi connectivity index (χ1) is 9.70. The fraction of sp³-hybridized carbons (Fsp3) is 0.938. The monoisotopic (exact) mass is 304 g/mol. The number of ether oxygens (including phenoxy) is 1. The zero-order chi connectivity index (χ0) is 15.1. The van der Waals surface area contributed by atoms with Crippen molar-refractivity contribution < 1.29 is 14.6 Å². The molecule has 20 heavy (non-hydrogen) atoms. The van der Waals surface area contributed by atoms with Crippen LogP contribution in [0.3, 0.4) is 0 Å². The molecule has 0 heterocycles. The van der Waals surface area contributed by atoms with E-state index in [4.69, 9.17) is 0 Å². The summed E-state index contributed by atoms with van der Waals surface area (Å²) < 4.78 is 4.59. The van der Waals surface area contributed by atoms with Crippen molar-refractivity contribution in [2.24, 2.45) is 0 Å². The molecular weight excluding hydrogens is 272 g/mol. The van der Waals surface area contributed by atoms with Gasteiger partial charge in [-0.05, 0) is 25.0 Å². The van der Waals surface area contributed by atoms with Gasteiger partial charge in [0.2, 0.25) is 0 Å². The van der Waals surface area contributed by atoms with Crippen LogP contribution in [0.25, 0.3) is 0 Å². The van der Waals surface area contributed by atoms with Gasteiger partial charge in [-0.2, -0.15) is 11.8 Å². The molecule has 0 aromatic carbocycles. The first kappa shape index (κ1) is 19.8. The molecule has 0 aliphatic carbocycles. The average molecular weight is 304 g/mol.